The van der Waals surface area contributed by atoms with Crippen LogP contribution in [0.5, 0.6) is 11.5 Å². The first-order valence-corrected chi connectivity index (χ1v) is 8.54. The average molecular weight is 370 g/mol. The number of fused-ring (bicyclic) bond motifs is 1. The maximum Gasteiger partial charge on any atom is 0.313 e. The summed E-state index contributed by atoms with van der Waals surface area (Å²) < 4.78 is 10.3. The van der Waals surface area contributed by atoms with Gasteiger partial charge < -0.3 is 25.2 Å². The van der Waals surface area contributed by atoms with Gasteiger partial charge in [-0.1, -0.05) is 24.3 Å². The van der Waals surface area contributed by atoms with Gasteiger partial charge in [-0.05, 0) is 23.3 Å². The molecule has 2 aromatic carbocycles. The number of carbonyl (C=O) groups is 2. The Balaban J connectivity index is 1.58. The molecule has 0 bridgehead atoms. The predicted molar refractivity (Wildman–Crippen MR) is 100.0 cm³/mol. The smallest absolute Gasteiger partial charge is 0.313 e. The van der Waals surface area contributed by atoms with E-state index in [1.165, 1.54) is 14.2 Å². The highest BCUT2D eigenvalue weighted by Crippen LogP contribution is 2.30. The minimum absolute atomic E-state index is 0.00627. The van der Waals surface area contributed by atoms with Gasteiger partial charge in [-0.15, -0.1) is 0 Å². The van der Waals surface area contributed by atoms with E-state index in [1.54, 1.807) is 18.2 Å². The molecule has 2 amide bonds. The SMILES string of the molecule is COc1ccc(NC(=O)C(=O)NCC2(O)Cc3ccccc3C2)c(OC)c1. The van der Waals surface area contributed by atoms with E-state index < -0.39 is 17.4 Å². The molecule has 0 aliphatic heterocycles. The summed E-state index contributed by atoms with van der Waals surface area (Å²) in [6.07, 6.45) is 0.884. The number of rotatable bonds is 5. The summed E-state index contributed by atoms with van der Waals surface area (Å²) in [5.41, 5.74) is 1.38. The normalized spacial score (nSPS) is 14.2. The number of aliphatic hydroxyl groups is 1. The monoisotopic (exact) mass is 370 g/mol. The highest BCUT2D eigenvalue weighted by Gasteiger charge is 2.35. The number of carbonyl (C=O) groups excluding carboxylic acids is 2. The van der Waals surface area contributed by atoms with Gasteiger partial charge in [0.05, 0.1) is 25.5 Å². The Bertz CT molecular complexity index is 840. The molecule has 7 nitrogen and oxygen atoms in total. The van der Waals surface area contributed by atoms with Gasteiger partial charge >= 0.3 is 11.8 Å². The molecular formula is C20H22N2O5. The van der Waals surface area contributed by atoms with Crippen LogP contribution in [-0.2, 0) is 22.4 Å². The standard InChI is InChI=1S/C20H22N2O5/c1-26-15-7-8-16(17(9-15)27-2)22-19(24)18(23)21-12-20(25)10-13-5-3-4-6-14(13)11-20/h3-9,25H,10-12H2,1-2H3,(H,21,23)(H,22,24). The van der Waals surface area contributed by atoms with E-state index in [0.717, 1.165) is 11.1 Å². The topological polar surface area (TPSA) is 96.9 Å². The molecule has 0 aromatic heterocycles. The molecule has 3 rings (SSSR count). The molecule has 0 saturated carbocycles. The van der Waals surface area contributed by atoms with Crippen LogP contribution in [0.25, 0.3) is 0 Å². The Kier molecular flexibility index (Phi) is 5.32. The van der Waals surface area contributed by atoms with Gasteiger partial charge in [0.1, 0.15) is 11.5 Å². The second kappa shape index (κ2) is 7.67. The number of hydrogen-bond acceptors (Lipinski definition) is 5. The number of benzene rings is 2. The Labute approximate surface area is 157 Å². The quantitative estimate of drug-likeness (QED) is 0.689. The molecule has 0 spiro atoms. The van der Waals surface area contributed by atoms with E-state index in [0.29, 0.717) is 30.0 Å². The van der Waals surface area contributed by atoms with E-state index in [2.05, 4.69) is 10.6 Å². The van der Waals surface area contributed by atoms with Crippen LogP contribution in [0.4, 0.5) is 5.69 Å². The Hall–Kier alpha value is -3.06. The molecule has 27 heavy (non-hydrogen) atoms. The van der Waals surface area contributed by atoms with Crippen molar-refractivity contribution in [2.75, 3.05) is 26.1 Å². The van der Waals surface area contributed by atoms with Crippen LogP contribution in [0.2, 0.25) is 0 Å². The number of anilines is 1. The summed E-state index contributed by atoms with van der Waals surface area (Å²) in [7, 11) is 2.98. The van der Waals surface area contributed by atoms with Crippen LogP contribution in [0.3, 0.4) is 0 Å². The summed E-state index contributed by atoms with van der Waals surface area (Å²) in [5, 5.41) is 15.7. The van der Waals surface area contributed by atoms with Gasteiger partial charge in [-0.3, -0.25) is 9.59 Å². The molecule has 2 aromatic rings. The van der Waals surface area contributed by atoms with Gasteiger partial charge in [0.25, 0.3) is 0 Å². The number of nitrogens with one attached hydrogen (secondary N) is 2. The second-order valence-corrected chi connectivity index (χ2v) is 6.55. The molecule has 7 heteroatoms. The molecule has 0 saturated heterocycles. The predicted octanol–water partition coefficient (Wildman–Crippen LogP) is 1.29. The largest absolute Gasteiger partial charge is 0.497 e. The molecule has 142 valence electrons. The van der Waals surface area contributed by atoms with Crippen molar-refractivity contribution in [1.29, 1.82) is 0 Å². The fraction of sp³-hybridized carbons (Fsp3) is 0.300. The van der Waals surface area contributed by atoms with E-state index in [-0.39, 0.29) is 6.54 Å². The third-order valence-corrected chi connectivity index (χ3v) is 4.60. The summed E-state index contributed by atoms with van der Waals surface area (Å²) in [6.45, 7) is -0.00627. The van der Waals surface area contributed by atoms with Crippen LogP contribution in [0.1, 0.15) is 11.1 Å². The molecule has 1 aliphatic rings. The highest BCUT2D eigenvalue weighted by atomic mass is 16.5. The third kappa shape index (κ3) is 4.20. The maximum atomic E-state index is 12.2. The molecule has 0 heterocycles. The third-order valence-electron chi connectivity index (χ3n) is 4.60. The van der Waals surface area contributed by atoms with Crippen molar-refractivity contribution < 1.29 is 24.2 Å². The van der Waals surface area contributed by atoms with Crippen molar-refractivity contribution in [3.63, 3.8) is 0 Å². The van der Waals surface area contributed by atoms with Crippen molar-refractivity contribution >= 4 is 17.5 Å². The molecule has 3 N–H and O–H groups in total. The van der Waals surface area contributed by atoms with Gasteiger partial charge in [-0.2, -0.15) is 0 Å². The summed E-state index contributed by atoms with van der Waals surface area (Å²) >= 11 is 0. The lowest BCUT2D eigenvalue weighted by atomic mass is 10.0. The fourth-order valence-electron chi connectivity index (χ4n) is 3.20. The number of amides is 2. The zero-order chi connectivity index (χ0) is 19.4. The van der Waals surface area contributed by atoms with Gasteiger partial charge in [-0.25, -0.2) is 0 Å². The zero-order valence-corrected chi connectivity index (χ0v) is 15.2. The van der Waals surface area contributed by atoms with Crippen molar-refractivity contribution in [3.8, 4) is 11.5 Å². The molecule has 0 radical (unpaired) electrons. The first-order valence-electron chi connectivity index (χ1n) is 8.54. The van der Waals surface area contributed by atoms with Crippen molar-refractivity contribution in [2.45, 2.75) is 18.4 Å². The minimum Gasteiger partial charge on any atom is -0.497 e. The van der Waals surface area contributed by atoms with Crippen LogP contribution >= 0.6 is 0 Å². The molecule has 1 aliphatic carbocycles. The molecule has 0 atom stereocenters. The number of methoxy groups -OCH3 is 2. The van der Waals surface area contributed by atoms with E-state index >= 15 is 0 Å². The highest BCUT2D eigenvalue weighted by molar-refractivity contribution is 6.39. The van der Waals surface area contributed by atoms with Crippen LogP contribution in [0, 0.1) is 0 Å². The average Bonchev–Trinajstić information content (AvgIpc) is 3.02. The van der Waals surface area contributed by atoms with Gasteiger partial charge in [0.2, 0.25) is 0 Å². The van der Waals surface area contributed by atoms with Crippen molar-refractivity contribution in [3.05, 3.63) is 53.6 Å². The lowest BCUT2D eigenvalue weighted by Crippen LogP contribution is -2.46. The maximum absolute atomic E-state index is 12.2. The van der Waals surface area contributed by atoms with Gasteiger partial charge in [0.15, 0.2) is 0 Å². The Morgan fingerprint density at radius 2 is 1.70 bits per heavy atom. The van der Waals surface area contributed by atoms with Crippen LogP contribution < -0.4 is 20.1 Å². The second-order valence-electron chi connectivity index (χ2n) is 6.55. The summed E-state index contributed by atoms with van der Waals surface area (Å²) in [4.78, 5) is 24.3. The van der Waals surface area contributed by atoms with Crippen LogP contribution in [-0.4, -0.2) is 43.3 Å². The summed E-state index contributed by atoms with van der Waals surface area (Å²) in [6, 6.07) is 12.6. The van der Waals surface area contributed by atoms with Crippen molar-refractivity contribution in [2.24, 2.45) is 0 Å². The molecular weight excluding hydrogens is 348 g/mol. The first-order chi connectivity index (χ1) is 12.9. The fourth-order valence-corrected chi connectivity index (χ4v) is 3.20. The number of ether oxygens (including phenoxy) is 2. The number of hydrogen-bond donors (Lipinski definition) is 3. The summed E-state index contributed by atoms with van der Waals surface area (Å²) in [5.74, 6) is -0.715. The molecule has 0 unspecified atom stereocenters. The first kappa shape index (κ1) is 18.7. The minimum atomic E-state index is -1.09. The van der Waals surface area contributed by atoms with Crippen LogP contribution in [0.15, 0.2) is 42.5 Å². The lowest BCUT2D eigenvalue weighted by molar-refractivity contribution is -0.136. The Morgan fingerprint density at radius 1 is 1.04 bits per heavy atom. The van der Waals surface area contributed by atoms with Crippen molar-refractivity contribution in [1.82, 2.24) is 5.32 Å². The van der Waals surface area contributed by atoms with E-state index in [4.69, 9.17) is 9.47 Å². The van der Waals surface area contributed by atoms with E-state index in [1.807, 2.05) is 24.3 Å². The lowest BCUT2D eigenvalue weighted by Gasteiger charge is -2.22. The Morgan fingerprint density at radius 3 is 2.30 bits per heavy atom. The molecule has 0 fully saturated rings. The van der Waals surface area contributed by atoms with E-state index in [9.17, 15) is 14.7 Å². The zero-order valence-electron chi connectivity index (χ0n) is 15.2. The van der Waals surface area contributed by atoms with Gasteiger partial charge in [0, 0.05) is 25.5 Å².